The Morgan fingerprint density at radius 3 is 2.29 bits per heavy atom. The van der Waals surface area contributed by atoms with Gasteiger partial charge in [0.15, 0.2) is 0 Å². The standard InChI is InChI=1S/C12H22FN/c1-9(2)11-5-7-14(8-6-13)12(11)10(3)4/h5,7,9-12H,6,8H2,1-4H3. The first kappa shape index (κ1) is 11.5. The quantitative estimate of drug-likeness (QED) is 0.672. The smallest absolute Gasteiger partial charge is 0.107 e. The maximum absolute atomic E-state index is 12.3. The Kier molecular flexibility index (Phi) is 3.97. The Morgan fingerprint density at radius 1 is 1.21 bits per heavy atom. The van der Waals surface area contributed by atoms with Crippen LogP contribution in [0, 0.1) is 17.8 Å². The number of halogens is 1. The van der Waals surface area contributed by atoms with Gasteiger partial charge in [-0.05, 0) is 18.0 Å². The van der Waals surface area contributed by atoms with Gasteiger partial charge in [-0.1, -0.05) is 33.8 Å². The predicted octanol–water partition coefficient (Wildman–Crippen LogP) is 3.08. The average molecular weight is 199 g/mol. The predicted molar refractivity (Wildman–Crippen MR) is 58.8 cm³/mol. The fourth-order valence-corrected chi connectivity index (χ4v) is 2.41. The van der Waals surface area contributed by atoms with Gasteiger partial charge in [0, 0.05) is 18.5 Å². The minimum Gasteiger partial charge on any atom is -0.371 e. The van der Waals surface area contributed by atoms with Crippen LogP contribution in [0.2, 0.25) is 0 Å². The molecule has 0 N–H and O–H groups in total. The lowest BCUT2D eigenvalue weighted by Gasteiger charge is -2.34. The van der Waals surface area contributed by atoms with Gasteiger partial charge in [-0.3, -0.25) is 0 Å². The maximum Gasteiger partial charge on any atom is 0.107 e. The summed E-state index contributed by atoms with van der Waals surface area (Å²) in [5.74, 6) is 1.81. The first-order chi connectivity index (χ1) is 6.57. The molecule has 0 aromatic rings. The molecular formula is C12H22FN. The normalized spacial score (nSPS) is 26.9. The Morgan fingerprint density at radius 2 is 1.86 bits per heavy atom. The van der Waals surface area contributed by atoms with Crippen LogP contribution in [0.25, 0.3) is 0 Å². The summed E-state index contributed by atoms with van der Waals surface area (Å²) in [6.45, 7) is 9.21. The molecule has 1 aliphatic heterocycles. The monoisotopic (exact) mass is 199 g/mol. The van der Waals surface area contributed by atoms with Crippen LogP contribution < -0.4 is 0 Å². The minimum atomic E-state index is -0.252. The summed E-state index contributed by atoms with van der Waals surface area (Å²) in [6, 6.07) is 0.491. The van der Waals surface area contributed by atoms with Gasteiger partial charge in [0.05, 0.1) is 0 Å². The van der Waals surface area contributed by atoms with Gasteiger partial charge in [-0.15, -0.1) is 0 Å². The van der Waals surface area contributed by atoms with E-state index in [1.807, 2.05) is 0 Å². The highest BCUT2D eigenvalue weighted by Crippen LogP contribution is 2.32. The third-order valence-corrected chi connectivity index (χ3v) is 3.07. The summed E-state index contributed by atoms with van der Waals surface area (Å²) >= 11 is 0. The van der Waals surface area contributed by atoms with Gasteiger partial charge in [0.2, 0.25) is 0 Å². The largest absolute Gasteiger partial charge is 0.371 e. The molecule has 1 aliphatic rings. The molecule has 1 nitrogen and oxygen atoms in total. The molecule has 14 heavy (non-hydrogen) atoms. The molecule has 0 amide bonds. The van der Waals surface area contributed by atoms with E-state index in [2.05, 4.69) is 44.9 Å². The summed E-state index contributed by atoms with van der Waals surface area (Å²) in [7, 11) is 0. The van der Waals surface area contributed by atoms with Crippen molar-refractivity contribution < 1.29 is 4.39 Å². The van der Waals surface area contributed by atoms with E-state index in [9.17, 15) is 4.39 Å². The third kappa shape index (κ3) is 2.28. The highest BCUT2D eigenvalue weighted by atomic mass is 19.1. The number of rotatable bonds is 4. The lowest BCUT2D eigenvalue weighted by atomic mass is 9.84. The molecule has 0 aliphatic carbocycles. The summed E-state index contributed by atoms with van der Waals surface area (Å²) < 4.78 is 12.3. The second-order valence-corrected chi connectivity index (χ2v) is 4.82. The third-order valence-electron chi connectivity index (χ3n) is 3.07. The zero-order valence-electron chi connectivity index (χ0n) is 9.70. The summed E-state index contributed by atoms with van der Waals surface area (Å²) in [5, 5.41) is 0. The van der Waals surface area contributed by atoms with E-state index in [1.165, 1.54) is 0 Å². The van der Waals surface area contributed by atoms with Gasteiger partial charge in [0.1, 0.15) is 6.67 Å². The lowest BCUT2D eigenvalue weighted by molar-refractivity contribution is 0.164. The van der Waals surface area contributed by atoms with Gasteiger partial charge < -0.3 is 4.90 Å². The number of hydrogen-bond acceptors (Lipinski definition) is 1. The van der Waals surface area contributed by atoms with E-state index in [0.29, 0.717) is 30.3 Å². The molecule has 0 fully saturated rings. The van der Waals surface area contributed by atoms with Crippen molar-refractivity contribution in [1.82, 2.24) is 4.90 Å². The molecule has 2 unspecified atom stereocenters. The molecule has 1 heterocycles. The fourth-order valence-electron chi connectivity index (χ4n) is 2.41. The molecule has 2 atom stereocenters. The molecule has 0 aromatic carbocycles. The summed E-state index contributed by atoms with van der Waals surface area (Å²) in [6.07, 6.45) is 4.32. The van der Waals surface area contributed by atoms with E-state index in [1.54, 1.807) is 0 Å². The lowest BCUT2D eigenvalue weighted by Crippen LogP contribution is -2.39. The number of nitrogens with zero attached hydrogens (tertiary/aromatic N) is 1. The second kappa shape index (κ2) is 4.81. The molecule has 0 bridgehead atoms. The van der Waals surface area contributed by atoms with Crippen LogP contribution in [0.5, 0.6) is 0 Å². The highest BCUT2D eigenvalue weighted by Gasteiger charge is 2.32. The van der Waals surface area contributed by atoms with Crippen molar-refractivity contribution in [2.24, 2.45) is 17.8 Å². The SMILES string of the molecule is CC(C)C1C=CN(CCF)C1C(C)C. The fraction of sp³-hybridized carbons (Fsp3) is 0.833. The molecule has 2 heteroatoms. The molecular weight excluding hydrogens is 177 g/mol. The molecule has 0 spiro atoms. The molecule has 0 radical (unpaired) electrons. The number of alkyl halides is 1. The highest BCUT2D eigenvalue weighted by molar-refractivity contribution is 5.06. The van der Waals surface area contributed by atoms with Crippen molar-refractivity contribution in [2.45, 2.75) is 33.7 Å². The van der Waals surface area contributed by atoms with Crippen LogP contribution in [0.3, 0.4) is 0 Å². The van der Waals surface area contributed by atoms with Crippen molar-refractivity contribution in [2.75, 3.05) is 13.2 Å². The van der Waals surface area contributed by atoms with Crippen LogP contribution >= 0.6 is 0 Å². The van der Waals surface area contributed by atoms with Crippen molar-refractivity contribution in [1.29, 1.82) is 0 Å². The van der Waals surface area contributed by atoms with Crippen LogP contribution in [-0.4, -0.2) is 24.2 Å². The van der Waals surface area contributed by atoms with Gasteiger partial charge in [0.25, 0.3) is 0 Å². The van der Waals surface area contributed by atoms with Gasteiger partial charge >= 0.3 is 0 Å². The van der Waals surface area contributed by atoms with Crippen LogP contribution in [0.1, 0.15) is 27.7 Å². The Balaban J connectivity index is 2.69. The summed E-state index contributed by atoms with van der Waals surface area (Å²) in [5.41, 5.74) is 0. The number of hydrogen-bond donors (Lipinski definition) is 0. The molecule has 82 valence electrons. The summed E-state index contributed by atoms with van der Waals surface area (Å²) in [4.78, 5) is 2.16. The molecule has 0 saturated carbocycles. The van der Waals surface area contributed by atoms with Crippen molar-refractivity contribution in [3.8, 4) is 0 Å². The molecule has 1 rings (SSSR count). The van der Waals surface area contributed by atoms with Gasteiger partial charge in [-0.2, -0.15) is 0 Å². The van der Waals surface area contributed by atoms with Crippen LogP contribution in [-0.2, 0) is 0 Å². The van der Waals surface area contributed by atoms with E-state index < -0.39 is 0 Å². The van der Waals surface area contributed by atoms with E-state index in [4.69, 9.17) is 0 Å². The minimum absolute atomic E-state index is 0.252. The molecule has 0 aromatic heterocycles. The second-order valence-electron chi connectivity index (χ2n) is 4.82. The average Bonchev–Trinajstić information content (AvgIpc) is 2.48. The van der Waals surface area contributed by atoms with Crippen molar-refractivity contribution in [3.63, 3.8) is 0 Å². The van der Waals surface area contributed by atoms with Crippen molar-refractivity contribution in [3.05, 3.63) is 12.3 Å². The van der Waals surface area contributed by atoms with Gasteiger partial charge in [-0.25, -0.2) is 4.39 Å². The van der Waals surface area contributed by atoms with Crippen LogP contribution in [0.15, 0.2) is 12.3 Å². The van der Waals surface area contributed by atoms with E-state index in [-0.39, 0.29) is 6.67 Å². The first-order valence-electron chi connectivity index (χ1n) is 5.58. The van der Waals surface area contributed by atoms with E-state index >= 15 is 0 Å². The zero-order valence-corrected chi connectivity index (χ0v) is 9.70. The Hall–Kier alpha value is -0.530. The Labute approximate surface area is 87.0 Å². The van der Waals surface area contributed by atoms with Crippen LogP contribution in [0.4, 0.5) is 4.39 Å². The van der Waals surface area contributed by atoms with Crippen molar-refractivity contribution >= 4 is 0 Å². The topological polar surface area (TPSA) is 3.24 Å². The Bertz CT molecular complexity index is 198. The zero-order chi connectivity index (χ0) is 10.7. The first-order valence-corrected chi connectivity index (χ1v) is 5.58. The maximum atomic E-state index is 12.3. The van der Waals surface area contributed by atoms with E-state index in [0.717, 1.165) is 0 Å². The molecule has 0 saturated heterocycles.